The van der Waals surface area contributed by atoms with E-state index in [0.29, 0.717) is 28.9 Å². The van der Waals surface area contributed by atoms with Crippen molar-refractivity contribution < 1.29 is 9.59 Å². The Labute approximate surface area is 222 Å². The van der Waals surface area contributed by atoms with Gasteiger partial charge in [-0.25, -0.2) is 0 Å². The summed E-state index contributed by atoms with van der Waals surface area (Å²) in [5.41, 5.74) is 1.79. The molecule has 0 spiro atoms. The zero-order valence-corrected chi connectivity index (χ0v) is 22.2. The third-order valence-corrected chi connectivity index (χ3v) is 7.05. The number of nitrogens with zero attached hydrogens (tertiary/aromatic N) is 1. The van der Waals surface area contributed by atoms with Crippen LogP contribution in [-0.2, 0) is 22.6 Å². The molecular weight excluding hydrogens is 499 g/mol. The van der Waals surface area contributed by atoms with Crippen molar-refractivity contribution >= 4 is 46.8 Å². The largest absolute Gasteiger partial charge is 0.354 e. The van der Waals surface area contributed by atoms with Crippen molar-refractivity contribution in [1.82, 2.24) is 10.2 Å². The lowest BCUT2D eigenvalue weighted by molar-refractivity contribution is -0.139. The highest BCUT2D eigenvalue weighted by Gasteiger charge is 2.30. The lowest BCUT2D eigenvalue weighted by Gasteiger charge is -2.32. The Kier molecular flexibility index (Phi) is 10.5. The number of benzene rings is 3. The summed E-state index contributed by atoms with van der Waals surface area (Å²) < 4.78 is 0. The fourth-order valence-electron chi connectivity index (χ4n) is 3.55. The second kappa shape index (κ2) is 13.6. The summed E-state index contributed by atoms with van der Waals surface area (Å²) >= 11 is 13.9. The number of rotatable bonds is 11. The standard InChI is InChI=1S/C28H30Cl2N2O2S/c1-20(2)17-31-28(34)26(16-21-8-4-3-5-9-21)32(18-22-10-6-7-11-25(22)30)27(33)19-35-24-14-12-23(29)13-15-24/h3-15,20,26H,16-19H2,1-2H3,(H,31,34). The molecule has 2 amide bonds. The maximum atomic E-state index is 13.6. The van der Waals surface area contributed by atoms with Gasteiger partial charge >= 0.3 is 0 Å². The van der Waals surface area contributed by atoms with Gasteiger partial charge in [-0.05, 0) is 47.4 Å². The first kappa shape index (κ1) is 27.1. The minimum absolute atomic E-state index is 0.134. The van der Waals surface area contributed by atoms with E-state index in [4.69, 9.17) is 23.2 Å². The predicted molar refractivity (Wildman–Crippen MR) is 146 cm³/mol. The van der Waals surface area contributed by atoms with E-state index in [1.54, 1.807) is 23.1 Å². The molecule has 0 aromatic heterocycles. The second-order valence-electron chi connectivity index (χ2n) is 8.70. The van der Waals surface area contributed by atoms with Crippen molar-refractivity contribution in [3.05, 3.63) is 100 Å². The molecule has 3 aromatic rings. The SMILES string of the molecule is CC(C)CNC(=O)C(Cc1ccccc1)N(Cc1ccccc1Cl)C(=O)CSc1ccc(Cl)cc1. The van der Waals surface area contributed by atoms with Crippen LogP contribution in [0.2, 0.25) is 10.0 Å². The molecule has 0 saturated heterocycles. The molecule has 3 rings (SSSR count). The minimum Gasteiger partial charge on any atom is -0.354 e. The number of carbonyl (C=O) groups is 2. The summed E-state index contributed by atoms with van der Waals surface area (Å²) in [5, 5.41) is 4.24. The fourth-order valence-corrected chi connectivity index (χ4v) is 4.65. The van der Waals surface area contributed by atoms with E-state index in [1.807, 2.05) is 74.5 Å². The quantitative estimate of drug-likeness (QED) is 0.289. The number of hydrogen-bond donors (Lipinski definition) is 1. The van der Waals surface area contributed by atoms with Gasteiger partial charge in [-0.1, -0.05) is 85.6 Å². The molecule has 0 saturated carbocycles. The third kappa shape index (κ3) is 8.60. The molecule has 7 heteroatoms. The van der Waals surface area contributed by atoms with Crippen LogP contribution in [0.15, 0.2) is 83.8 Å². The highest BCUT2D eigenvalue weighted by atomic mass is 35.5. The first-order valence-electron chi connectivity index (χ1n) is 11.6. The second-order valence-corrected chi connectivity index (χ2v) is 10.6. The molecule has 0 fully saturated rings. The summed E-state index contributed by atoms with van der Waals surface area (Å²) in [7, 11) is 0. The lowest BCUT2D eigenvalue weighted by atomic mass is 10.0. The average Bonchev–Trinajstić information content (AvgIpc) is 2.85. The topological polar surface area (TPSA) is 49.4 Å². The van der Waals surface area contributed by atoms with Gasteiger partial charge in [0.05, 0.1) is 5.75 Å². The zero-order valence-electron chi connectivity index (χ0n) is 19.9. The summed E-state index contributed by atoms with van der Waals surface area (Å²) in [6.07, 6.45) is 0.409. The van der Waals surface area contributed by atoms with Crippen LogP contribution in [0.5, 0.6) is 0 Å². The molecule has 0 aliphatic rings. The maximum absolute atomic E-state index is 13.6. The van der Waals surface area contributed by atoms with E-state index in [-0.39, 0.29) is 24.1 Å². The van der Waals surface area contributed by atoms with E-state index >= 15 is 0 Å². The van der Waals surface area contributed by atoms with Gasteiger partial charge in [-0.15, -0.1) is 11.8 Å². The lowest BCUT2D eigenvalue weighted by Crippen LogP contribution is -2.51. The van der Waals surface area contributed by atoms with Crippen molar-refractivity contribution in [2.24, 2.45) is 5.92 Å². The van der Waals surface area contributed by atoms with Crippen LogP contribution in [0.4, 0.5) is 0 Å². The van der Waals surface area contributed by atoms with Gasteiger partial charge in [0.15, 0.2) is 0 Å². The van der Waals surface area contributed by atoms with Crippen molar-refractivity contribution in [2.45, 2.75) is 37.8 Å². The van der Waals surface area contributed by atoms with E-state index in [9.17, 15) is 9.59 Å². The summed E-state index contributed by atoms with van der Waals surface area (Å²) in [6.45, 7) is 4.87. The van der Waals surface area contributed by atoms with Crippen LogP contribution in [0.1, 0.15) is 25.0 Å². The Morgan fingerprint density at radius 2 is 1.57 bits per heavy atom. The summed E-state index contributed by atoms with van der Waals surface area (Å²) in [4.78, 5) is 29.6. The number of carbonyl (C=O) groups excluding carboxylic acids is 2. The summed E-state index contributed by atoms with van der Waals surface area (Å²) in [5.74, 6) is 0.184. The molecule has 1 N–H and O–H groups in total. The highest BCUT2D eigenvalue weighted by Crippen LogP contribution is 2.24. The Hall–Kier alpha value is -2.47. The van der Waals surface area contributed by atoms with Crippen molar-refractivity contribution in [3.63, 3.8) is 0 Å². The number of nitrogens with one attached hydrogen (secondary N) is 1. The van der Waals surface area contributed by atoms with E-state index in [1.165, 1.54) is 11.8 Å². The molecular formula is C28H30Cl2N2O2S. The van der Waals surface area contributed by atoms with Gasteiger partial charge in [0, 0.05) is 34.5 Å². The van der Waals surface area contributed by atoms with Gasteiger partial charge in [0.25, 0.3) is 0 Å². The molecule has 0 aliphatic heterocycles. The first-order valence-corrected chi connectivity index (χ1v) is 13.3. The molecule has 0 radical (unpaired) electrons. The molecule has 184 valence electrons. The minimum atomic E-state index is -0.675. The van der Waals surface area contributed by atoms with Gasteiger partial charge in [0.2, 0.25) is 11.8 Å². The molecule has 0 heterocycles. The van der Waals surface area contributed by atoms with Crippen LogP contribution in [0.25, 0.3) is 0 Å². The molecule has 0 aliphatic carbocycles. The Balaban J connectivity index is 1.90. The van der Waals surface area contributed by atoms with Crippen LogP contribution < -0.4 is 5.32 Å². The molecule has 0 bridgehead atoms. The smallest absolute Gasteiger partial charge is 0.243 e. The Morgan fingerprint density at radius 1 is 0.914 bits per heavy atom. The summed E-state index contributed by atoms with van der Waals surface area (Å²) in [6, 6.07) is 23.9. The Bertz CT molecular complexity index is 1110. The normalized spacial score (nSPS) is 11.8. The predicted octanol–water partition coefficient (Wildman–Crippen LogP) is 6.50. The van der Waals surface area contributed by atoms with Crippen LogP contribution in [-0.4, -0.2) is 35.1 Å². The van der Waals surface area contributed by atoms with E-state index in [0.717, 1.165) is 16.0 Å². The van der Waals surface area contributed by atoms with Crippen molar-refractivity contribution in [3.8, 4) is 0 Å². The zero-order chi connectivity index (χ0) is 25.2. The molecule has 1 atom stereocenters. The number of hydrogen-bond acceptors (Lipinski definition) is 3. The Morgan fingerprint density at radius 3 is 2.23 bits per heavy atom. The van der Waals surface area contributed by atoms with E-state index in [2.05, 4.69) is 5.32 Å². The third-order valence-electron chi connectivity index (χ3n) is 5.43. The van der Waals surface area contributed by atoms with E-state index < -0.39 is 6.04 Å². The van der Waals surface area contributed by atoms with Gasteiger partial charge in [0.1, 0.15) is 6.04 Å². The number of halogens is 2. The highest BCUT2D eigenvalue weighted by molar-refractivity contribution is 8.00. The maximum Gasteiger partial charge on any atom is 0.243 e. The molecule has 1 unspecified atom stereocenters. The molecule has 35 heavy (non-hydrogen) atoms. The van der Waals surface area contributed by atoms with Gasteiger partial charge in [-0.3, -0.25) is 9.59 Å². The number of amides is 2. The molecule has 4 nitrogen and oxygen atoms in total. The monoisotopic (exact) mass is 528 g/mol. The molecule has 3 aromatic carbocycles. The van der Waals surface area contributed by atoms with Crippen LogP contribution in [0, 0.1) is 5.92 Å². The fraction of sp³-hybridized carbons (Fsp3) is 0.286. The van der Waals surface area contributed by atoms with Gasteiger partial charge < -0.3 is 10.2 Å². The van der Waals surface area contributed by atoms with Crippen molar-refractivity contribution in [1.29, 1.82) is 0 Å². The van der Waals surface area contributed by atoms with Crippen LogP contribution >= 0.6 is 35.0 Å². The number of thioether (sulfide) groups is 1. The van der Waals surface area contributed by atoms with Crippen LogP contribution in [0.3, 0.4) is 0 Å². The van der Waals surface area contributed by atoms with Gasteiger partial charge in [-0.2, -0.15) is 0 Å². The average molecular weight is 530 g/mol. The van der Waals surface area contributed by atoms with Crippen molar-refractivity contribution in [2.75, 3.05) is 12.3 Å². The first-order chi connectivity index (χ1) is 16.8.